The van der Waals surface area contributed by atoms with Crippen LogP contribution in [0.1, 0.15) is 45.5 Å². The number of nitrogens with one attached hydrogen (secondary N) is 2. The zero-order valence-electron chi connectivity index (χ0n) is 18.9. The first-order valence-corrected chi connectivity index (χ1v) is 11.3. The molecule has 4 N–H and O–H groups in total. The summed E-state index contributed by atoms with van der Waals surface area (Å²) in [6, 6.07) is 18.2. The largest absolute Gasteiger partial charge is 0.372 e. The van der Waals surface area contributed by atoms with E-state index in [9.17, 15) is 9.59 Å². The van der Waals surface area contributed by atoms with Crippen molar-refractivity contribution in [3.8, 4) is 12.3 Å². The quantitative estimate of drug-likeness (QED) is 0.395. The molecule has 0 bridgehead atoms. The highest BCUT2D eigenvalue weighted by atomic mass is 16.2. The molecule has 0 atom stereocenters. The second kappa shape index (κ2) is 9.80. The third-order valence-electron chi connectivity index (χ3n) is 6.50. The van der Waals surface area contributed by atoms with Crippen molar-refractivity contribution < 1.29 is 14.4 Å². The minimum Gasteiger partial charge on any atom is -0.372 e. The summed E-state index contributed by atoms with van der Waals surface area (Å²) in [5.74, 6) is 2.07. The van der Waals surface area contributed by atoms with E-state index < -0.39 is 0 Å². The summed E-state index contributed by atoms with van der Waals surface area (Å²) in [5.41, 5.74) is 9.07. The Labute approximate surface area is 198 Å². The molecule has 0 unspecified atom stereocenters. The van der Waals surface area contributed by atoms with E-state index in [-0.39, 0.29) is 36.7 Å². The zero-order valence-corrected chi connectivity index (χ0v) is 18.9. The lowest BCUT2D eigenvalue weighted by atomic mass is 9.93. The van der Waals surface area contributed by atoms with Crippen LogP contribution in [0, 0.1) is 12.3 Å². The van der Waals surface area contributed by atoms with Crippen molar-refractivity contribution in [1.82, 2.24) is 10.6 Å². The van der Waals surface area contributed by atoms with Crippen LogP contribution in [0.3, 0.4) is 0 Å². The van der Waals surface area contributed by atoms with Gasteiger partial charge in [0.1, 0.15) is 0 Å². The molecule has 172 valence electrons. The number of benzene rings is 3. The number of nitrogens with two attached hydrogens (primary N) is 1. The maximum atomic E-state index is 13.3. The molecule has 3 aromatic carbocycles. The van der Waals surface area contributed by atoms with Crippen molar-refractivity contribution in [2.24, 2.45) is 5.73 Å². The van der Waals surface area contributed by atoms with Gasteiger partial charge in [-0.25, -0.2) is 0 Å². The van der Waals surface area contributed by atoms with Crippen LogP contribution < -0.4 is 16.4 Å². The van der Waals surface area contributed by atoms with Gasteiger partial charge in [-0.1, -0.05) is 54.5 Å². The highest BCUT2D eigenvalue weighted by molar-refractivity contribution is 5.99. The molecule has 34 heavy (non-hydrogen) atoms. The Bertz CT molecular complexity index is 1290. The van der Waals surface area contributed by atoms with E-state index in [2.05, 4.69) is 52.6 Å². The number of aryl methyl sites for hydroxylation is 2. The molecule has 0 aromatic heterocycles. The van der Waals surface area contributed by atoms with Crippen LogP contribution in [-0.4, -0.2) is 24.8 Å². The van der Waals surface area contributed by atoms with Crippen LogP contribution in [0.5, 0.6) is 0 Å². The summed E-state index contributed by atoms with van der Waals surface area (Å²) >= 11 is 0. The van der Waals surface area contributed by atoms with Gasteiger partial charge in [0, 0.05) is 5.56 Å². The number of carbonyl (C=O) groups excluding carboxylic acids is 3. The average molecular weight is 454 g/mol. The molecule has 6 heteroatoms. The van der Waals surface area contributed by atoms with E-state index in [0.717, 1.165) is 25.7 Å². The molecule has 6 nitrogen and oxygen atoms in total. The number of terminal acetylenes is 1. The molecule has 5 rings (SSSR count). The molecular weight excluding hydrogens is 426 g/mol. The molecule has 0 saturated heterocycles. The molecule has 0 heterocycles. The Morgan fingerprint density at radius 1 is 1.03 bits per heavy atom. The first-order chi connectivity index (χ1) is 16.5. The summed E-state index contributed by atoms with van der Waals surface area (Å²) in [6.45, 7) is 0.182. The maximum absolute atomic E-state index is 13.3. The average Bonchev–Trinajstić information content (AvgIpc) is 3.49. The number of carbonyl (C=O) groups is 3. The van der Waals surface area contributed by atoms with E-state index in [1.54, 1.807) is 6.07 Å². The normalized spacial score (nSPS) is 14.3. The topological polar surface area (TPSA) is 101 Å². The van der Waals surface area contributed by atoms with Crippen molar-refractivity contribution >= 4 is 29.0 Å². The van der Waals surface area contributed by atoms with Crippen LogP contribution in [0.2, 0.25) is 0 Å². The van der Waals surface area contributed by atoms with Gasteiger partial charge in [0.25, 0.3) is 5.91 Å². The molecule has 1 fully saturated rings. The van der Waals surface area contributed by atoms with Gasteiger partial charge in [-0.3, -0.25) is 14.4 Å². The van der Waals surface area contributed by atoms with Gasteiger partial charge in [-0.2, -0.15) is 0 Å². The minimum absolute atomic E-state index is 0.124. The fraction of sp³-hybridized carbons (Fsp3) is 0.250. The Morgan fingerprint density at radius 3 is 2.44 bits per heavy atom. The predicted molar refractivity (Wildman–Crippen MR) is 132 cm³/mol. The Morgan fingerprint density at radius 2 is 1.74 bits per heavy atom. The van der Waals surface area contributed by atoms with E-state index in [4.69, 9.17) is 11.2 Å². The number of rotatable bonds is 6. The van der Waals surface area contributed by atoms with Gasteiger partial charge in [0.2, 0.25) is 12.3 Å². The van der Waals surface area contributed by atoms with Gasteiger partial charge in [0.15, 0.2) is 0 Å². The molecule has 2 aliphatic rings. The van der Waals surface area contributed by atoms with Crippen LogP contribution in [0.15, 0.2) is 54.6 Å². The minimum atomic E-state index is -0.338. The first kappa shape index (κ1) is 23.1. The summed E-state index contributed by atoms with van der Waals surface area (Å²) in [6.07, 6.45) is 9.60. The molecule has 3 amide bonds. The van der Waals surface area contributed by atoms with Crippen molar-refractivity contribution in [2.75, 3.05) is 6.54 Å². The predicted octanol–water partition coefficient (Wildman–Crippen LogP) is 2.75. The molecule has 1 saturated carbocycles. The lowest BCUT2D eigenvalue weighted by molar-refractivity contribution is -0.120. The molecule has 0 aliphatic heterocycles. The van der Waals surface area contributed by atoms with Gasteiger partial charge < -0.3 is 16.4 Å². The molecule has 0 spiro atoms. The number of hydrogen-bond donors (Lipinski definition) is 3. The Kier molecular flexibility index (Phi) is 6.65. The third-order valence-corrected chi connectivity index (χ3v) is 6.50. The Hall–Kier alpha value is -4.11. The molecule has 3 aromatic rings. The lowest BCUT2D eigenvalue weighted by Gasteiger charge is -2.21. The number of hydrogen-bond acceptors (Lipinski definition) is 3. The maximum Gasteiger partial charge on any atom is 0.252 e. The van der Waals surface area contributed by atoms with Crippen molar-refractivity contribution in [1.29, 1.82) is 0 Å². The van der Waals surface area contributed by atoms with Crippen LogP contribution in [0.4, 0.5) is 0 Å². The molecular formula is C28H27N3O3. The van der Waals surface area contributed by atoms with E-state index in [1.165, 1.54) is 27.5 Å². The molecule has 0 radical (unpaired) electrons. The summed E-state index contributed by atoms with van der Waals surface area (Å²) < 4.78 is 0. The zero-order chi connectivity index (χ0) is 24.1. The standard InChI is InChI=1S/C27H24N2O2.CH3NO/c1-2-16-28-24(30)17-20-6-3-4-8-21(20)26(31)29-27(14-15-27)23-13-12-19-11-10-18-7-5-9-22(23)25(18)19;2-1-3/h1,3-9,12-13H,10-11,14-17H2,(H,28,30)(H,29,31);1H,(H2,2,3). The fourth-order valence-corrected chi connectivity index (χ4v) is 4.82. The third kappa shape index (κ3) is 4.51. The number of amides is 3. The van der Waals surface area contributed by atoms with Crippen LogP contribution in [-0.2, 0) is 34.4 Å². The van der Waals surface area contributed by atoms with Gasteiger partial charge >= 0.3 is 0 Å². The summed E-state index contributed by atoms with van der Waals surface area (Å²) in [5, 5.41) is 8.59. The van der Waals surface area contributed by atoms with Gasteiger partial charge in [-0.05, 0) is 64.8 Å². The van der Waals surface area contributed by atoms with E-state index in [0.29, 0.717) is 11.1 Å². The Balaban J connectivity index is 0.000000868. The highest BCUT2D eigenvalue weighted by Crippen LogP contribution is 2.49. The van der Waals surface area contributed by atoms with E-state index in [1.807, 2.05) is 18.2 Å². The second-order valence-electron chi connectivity index (χ2n) is 8.60. The fourth-order valence-electron chi connectivity index (χ4n) is 4.82. The second-order valence-corrected chi connectivity index (χ2v) is 8.60. The lowest BCUT2D eigenvalue weighted by Crippen LogP contribution is -2.36. The van der Waals surface area contributed by atoms with Gasteiger partial charge in [0.05, 0.1) is 18.5 Å². The molecule has 2 aliphatic carbocycles. The first-order valence-electron chi connectivity index (χ1n) is 11.3. The van der Waals surface area contributed by atoms with Crippen LogP contribution in [0.25, 0.3) is 10.8 Å². The SMILES string of the molecule is C#CCNC(=O)Cc1ccccc1C(=O)NC1(c2ccc3c4c(cccc24)CC3)CC1.NC=O. The van der Waals surface area contributed by atoms with Crippen molar-refractivity contribution in [2.45, 2.75) is 37.6 Å². The van der Waals surface area contributed by atoms with Crippen LogP contribution >= 0.6 is 0 Å². The number of primary amides is 1. The van der Waals surface area contributed by atoms with Crippen molar-refractivity contribution in [3.63, 3.8) is 0 Å². The monoisotopic (exact) mass is 453 g/mol. The van der Waals surface area contributed by atoms with Gasteiger partial charge in [-0.15, -0.1) is 6.42 Å². The smallest absolute Gasteiger partial charge is 0.252 e. The highest BCUT2D eigenvalue weighted by Gasteiger charge is 2.47. The summed E-state index contributed by atoms with van der Waals surface area (Å²) in [4.78, 5) is 34.0. The van der Waals surface area contributed by atoms with Crippen molar-refractivity contribution in [3.05, 3.63) is 82.4 Å². The van der Waals surface area contributed by atoms with E-state index >= 15 is 0 Å². The summed E-state index contributed by atoms with van der Waals surface area (Å²) in [7, 11) is 0.